The van der Waals surface area contributed by atoms with Crippen LogP contribution in [0.5, 0.6) is 11.5 Å². The number of rotatable bonds is 3. The van der Waals surface area contributed by atoms with Gasteiger partial charge in [-0.05, 0) is 18.9 Å². The van der Waals surface area contributed by atoms with E-state index in [1.165, 1.54) is 31.5 Å². The molecule has 2 heterocycles. The summed E-state index contributed by atoms with van der Waals surface area (Å²) in [6.07, 6.45) is -0.394. The SMILES string of the molecule is COC(=O)c1nc(C2CC2)ncc1-c1cccc2c1OC(F)(F)O2. The van der Waals surface area contributed by atoms with Gasteiger partial charge in [0, 0.05) is 23.2 Å². The van der Waals surface area contributed by atoms with Crippen LogP contribution >= 0.6 is 0 Å². The Morgan fingerprint density at radius 2 is 2.08 bits per heavy atom. The molecule has 6 nitrogen and oxygen atoms in total. The van der Waals surface area contributed by atoms with Crippen molar-refractivity contribution in [2.75, 3.05) is 7.11 Å². The Hall–Kier alpha value is -2.77. The lowest BCUT2D eigenvalue weighted by Gasteiger charge is -2.11. The molecule has 2 aliphatic rings. The predicted octanol–water partition coefficient (Wildman–Crippen LogP) is 3.13. The lowest BCUT2D eigenvalue weighted by molar-refractivity contribution is -0.286. The minimum Gasteiger partial charge on any atom is -0.464 e. The molecule has 0 unspecified atom stereocenters. The number of para-hydroxylation sites is 1. The van der Waals surface area contributed by atoms with Crippen LogP contribution in [0.1, 0.15) is 35.1 Å². The minimum atomic E-state index is -3.75. The third-order valence-corrected chi connectivity index (χ3v) is 3.85. The van der Waals surface area contributed by atoms with Crippen LogP contribution in [0.2, 0.25) is 0 Å². The fraction of sp³-hybridized carbons (Fsp3) is 0.312. The van der Waals surface area contributed by atoms with Gasteiger partial charge in [0.2, 0.25) is 0 Å². The van der Waals surface area contributed by atoms with Crippen molar-refractivity contribution in [2.24, 2.45) is 0 Å². The van der Waals surface area contributed by atoms with Gasteiger partial charge in [-0.3, -0.25) is 0 Å². The highest BCUT2D eigenvalue weighted by Crippen LogP contribution is 2.47. The Bertz CT molecular complexity index is 837. The van der Waals surface area contributed by atoms with Crippen molar-refractivity contribution < 1.29 is 27.8 Å². The number of nitrogens with zero attached hydrogens (tertiary/aromatic N) is 2. The van der Waals surface area contributed by atoms with Crippen LogP contribution in [-0.4, -0.2) is 29.3 Å². The molecular formula is C16H12F2N2O4. The van der Waals surface area contributed by atoms with Crippen LogP contribution < -0.4 is 9.47 Å². The van der Waals surface area contributed by atoms with E-state index in [4.69, 9.17) is 4.74 Å². The maximum Gasteiger partial charge on any atom is 0.586 e. The summed E-state index contributed by atoms with van der Waals surface area (Å²) < 4.78 is 40.5. The Balaban J connectivity index is 1.86. The Morgan fingerprint density at radius 1 is 1.29 bits per heavy atom. The van der Waals surface area contributed by atoms with Crippen LogP contribution in [0, 0.1) is 0 Å². The summed E-state index contributed by atoms with van der Waals surface area (Å²) in [5.41, 5.74) is 0.512. The lowest BCUT2D eigenvalue weighted by Crippen LogP contribution is -2.26. The van der Waals surface area contributed by atoms with Crippen LogP contribution in [-0.2, 0) is 4.74 Å². The number of methoxy groups -OCH3 is 1. The van der Waals surface area contributed by atoms with E-state index in [0.717, 1.165) is 12.8 Å². The molecule has 124 valence electrons. The van der Waals surface area contributed by atoms with Crippen LogP contribution in [0.4, 0.5) is 8.78 Å². The number of fused-ring (bicyclic) bond motifs is 1. The molecular weight excluding hydrogens is 322 g/mol. The van der Waals surface area contributed by atoms with E-state index in [9.17, 15) is 13.6 Å². The molecule has 0 atom stereocenters. The van der Waals surface area contributed by atoms with Gasteiger partial charge in [-0.15, -0.1) is 8.78 Å². The molecule has 0 amide bonds. The number of carbonyl (C=O) groups excluding carboxylic acids is 1. The second-order valence-corrected chi connectivity index (χ2v) is 5.56. The van der Waals surface area contributed by atoms with Crippen molar-refractivity contribution in [1.82, 2.24) is 9.97 Å². The van der Waals surface area contributed by atoms with Crippen molar-refractivity contribution in [3.8, 4) is 22.6 Å². The Labute approximate surface area is 135 Å². The number of hydrogen-bond donors (Lipinski definition) is 0. The highest BCUT2D eigenvalue weighted by atomic mass is 19.3. The lowest BCUT2D eigenvalue weighted by atomic mass is 10.0. The van der Waals surface area contributed by atoms with Gasteiger partial charge in [0.05, 0.1) is 7.11 Å². The average Bonchev–Trinajstić information content (AvgIpc) is 3.35. The molecule has 4 rings (SSSR count). The van der Waals surface area contributed by atoms with Crippen molar-refractivity contribution in [2.45, 2.75) is 25.1 Å². The van der Waals surface area contributed by atoms with Gasteiger partial charge in [-0.25, -0.2) is 14.8 Å². The van der Waals surface area contributed by atoms with Gasteiger partial charge < -0.3 is 14.2 Å². The van der Waals surface area contributed by atoms with E-state index >= 15 is 0 Å². The number of esters is 1. The van der Waals surface area contributed by atoms with Gasteiger partial charge in [0.1, 0.15) is 5.82 Å². The Morgan fingerprint density at radius 3 is 2.79 bits per heavy atom. The average molecular weight is 334 g/mol. The van der Waals surface area contributed by atoms with Gasteiger partial charge in [-0.1, -0.05) is 12.1 Å². The molecule has 1 aliphatic carbocycles. The summed E-state index contributed by atoms with van der Waals surface area (Å²) in [7, 11) is 1.23. The number of halogens is 2. The summed E-state index contributed by atoms with van der Waals surface area (Å²) in [5, 5.41) is 0. The zero-order chi connectivity index (χ0) is 16.9. The van der Waals surface area contributed by atoms with Crippen molar-refractivity contribution in [1.29, 1.82) is 0 Å². The van der Waals surface area contributed by atoms with Gasteiger partial charge >= 0.3 is 12.3 Å². The zero-order valence-corrected chi connectivity index (χ0v) is 12.6. The molecule has 1 aliphatic heterocycles. The number of benzene rings is 1. The van der Waals surface area contributed by atoms with Gasteiger partial charge in [-0.2, -0.15) is 0 Å². The fourth-order valence-electron chi connectivity index (χ4n) is 2.56. The molecule has 0 spiro atoms. The van der Waals surface area contributed by atoms with E-state index in [1.807, 2.05) is 0 Å². The number of aromatic nitrogens is 2. The third-order valence-electron chi connectivity index (χ3n) is 3.85. The molecule has 0 bridgehead atoms. The van der Waals surface area contributed by atoms with Crippen LogP contribution in [0.15, 0.2) is 24.4 Å². The van der Waals surface area contributed by atoms with Crippen molar-refractivity contribution >= 4 is 5.97 Å². The monoisotopic (exact) mass is 334 g/mol. The van der Waals surface area contributed by atoms with E-state index in [2.05, 4.69) is 19.4 Å². The summed E-state index contributed by atoms with van der Waals surface area (Å²) in [6.45, 7) is 0. The van der Waals surface area contributed by atoms with Crippen molar-refractivity contribution in [3.63, 3.8) is 0 Å². The standard InChI is InChI=1S/C16H12F2N2O4/c1-22-15(21)12-10(7-19-14(20-12)8-5-6-8)9-3-2-4-11-13(9)24-16(17,18)23-11/h2-4,7-8H,5-6H2,1H3. The topological polar surface area (TPSA) is 70.5 Å². The first-order valence-electron chi connectivity index (χ1n) is 7.33. The van der Waals surface area contributed by atoms with Gasteiger partial charge in [0.25, 0.3) is 0 Å². The Kier molecular flexibility index (Phi) is 3.16. The molecule has 24 heavy (non-hydrogen) atoms. The van der Waals surface area contributed by atoms with E-state index in [-0.39, 0.29) is 34.2 Å². The van der Waals surface area contributed by atoms with E-state index < -0.39 is 12.3 Å². The number of alkyl halides is 2. The molecule has 0 saturated heterocycles. The first-order chi connectivity index (χ1) is 11.5. The molecule has 1 aromatic carbocycles. The molecule has 0 N–H and O–H groups in total. The maximum atomic E-state index is 13.4. The van der Waals surface area contributed by atoms with Gasteiger partial charge in [0.15, 0.2) is 17.2 Å². The summed E-state index contributed by atoms with van der Waals surface area (Å²) in [6, 6.07) is 4.41. The van der Waals surface area contributed by atoms with E-state index in [0.29, 0.717) is 5.82 Å². The fourth-order valence-corrected chi connectivity index (χ4v) is 2.56. The number of ether oxygens (including phenoxy) is 3. The largest absolute Gasteiger partial charge is 0.586 e. The van der Waals surface area contributed by atoms with Crippen molar-refractivity contribution in [3.05, 3.63) is 35.9 Å². The number of hydrogen-bond acceptors (Lipinski definition) is 6. The molecule has 1 aromatic heterocycles. The molecule has 8 heteroatoms. The maximum absolute atomic E-state index is 13.4. The third kappa shape index (κ3) is 2.44. The van der Waals surface area contributed by atoms with Crippen LogP contribution in [0.3, 0.4) is 0 Å². The zero-order valence-electron chi connectivity index (χ0n) is 12.6. The number of carbonyl (C=O) groups is 1. The normalized spacial score (nSPS) is 17.6. The molecule has 2 aromatic rings. The smallest absolute Gasteiger partial charge is 0.464 e. The molecule has 1 saturated carbocycles. The summed E-state index contributed by atoms with van der Waals surface area (Å²) in [4.78, 5) is 20.6. The highest BCUT2D eigenvalue weighted by molar-refractivity contribution is 5.96. The van der Waals surface area contributed by atoms with E-state index in [1.54, 1.807) is 0 Å². The second-order valence-electron chi connectivity index (χ2n) is 5.56. The molecule has 1 fully saturated rings. The second kappa shape index (κ2) is 5.12. The van der Waals surface area contributed by atoms with Crippen LogP contribution in [0.25, 0.3) is 11.1 Å². The first kappa shape index (κ1) is 14.8. The highest BCUT2D eigenvalue weighted by Gasteiger charge is 2.45. The summed E-state index contributed by atoms with van der Waals surface area (Å²) >= 11 is 0. The predicted molar refractivity (Wildman–Crippen MR) is 77.0 cm³/mol. The quantitative estimate of drug-likeness (QED) is 0.803. The first-order valence-corrected chi connectivity index (χ1v) is 7.33. The summed E-state index contributed by atoms with van der Waals surface area (Å²) in [5.74, 6) is -0.158. The minimum absolute atomic E-state index is 0.0154. The molecule has 0 radical (unpaired) electrons.